The Hall–Kier alpha value is -1.69. The molecule has 1 amide bonds. The monoisotopic (exact) mass is 222 g/mol. The molecule has 2 heterocycles. The van der Waals surface area contributed by atoms with Crippen molar-refractivity contribution in [1.29, 1.82) is 0 Å². The van der Waals surface area contributed by atoms with E-state index in [-0.39, 0.29) is 23.2 Å². The molecule has 0 saturated carbocycles. The Balaban J connectivity index is 2.17. The zero-order valence-corrected chi connectivity index (χ0v) is 9.06. The Bertz CT molecular complexity index is 422. The molecule has 86 valence electrons. The SMILES string of the molecule is CC1CNCCN1C(=O)c1ccc(=O)[nH]n1. The van der Waals surface area contributed by atoms with Crippen molar-refractivity contribution in [2.45, 2.75) is 13.0 Å². The van der Waals surface area contributed by atoms with Gasteiger partial charge in [0.15, 0.2) is 0 Å². The molecule has 2 N–H and O–H groups in total. The minimum atomic E-state index is -0.301. The smallest absolute Gasteiger partial charge is 0.274 e. The van der Waals surface area contributed by atoms with Gasteiger partial charge < -0.3 is 10.2 Å². The molecule has 1 fully saturated rings. The van der Waals surface area contributed by atoms with Crippen molar-refractivity contribution in [3.63, 3.8) is 0 Å². The highest BCUT2D eigenvalue weighted by molar-refractivity contribution is 5.92. The van der Waals surface area contributed by atoms with Gasteiger partial charge in [-0.3, -0.25) is 9.59 Å². The molecule has 0 aromatic carbocycles. The van der Waals surface area contributed by atoms with Crippen LogP contribution in [0.4, 0.5) is 0 Å². The van der Waals surface area contributed by atoms with Crippen LogP contribution in [0.5, 0.6) is 0 Å². The van der Waals surface area contributed by atoms with E-state index in [1.54, 1.807) is 4.90 Å². The van der Waals surface area contributed by atoms with E-state index in [9.17, 15) is 9.59 Å². The maximum atomic E-state index is 12.0. The van der Waals surface area contributed by atoms with Gasteiger partial charge in [0, 0.05) is 31.7 Å². The summed E-state index contributed by atoms with van der Waals surface area (Å²) in [6, 6.07) is 2.92. The fourth-order valence-electron chi connectivity index (χ4n) is 1.75. The van der Waals surface area contributed by atoms with Crippen molar-refractivity contribution >= 4 is 5.91 Å². The minimum Gasteiger partial charge on any atom is -0.332 e. The minimum absolute atomic E-state index is 0.134. The Labute approximate surface area is 92.7 Å². The average molecular weight is 222 g/mol. The third-order valence-electron chi connectivity index (χ3n) is 2.66. The molecule has 1 aromatic heterocycles. The molecule has 1 unspecified atom stereocenters. The van der Waals surface area contributed by atoms with E-state index in [2.05, 4.69) is 15.5 Å². The number of aromatic nitrogens is 2. The summed E-state index contributed by atoms with van der Waals surface area (Å²) in [6.07, 6.45) is 0. The molecular formula is C10H14N4O2. The highest BCUT2D eigenvalue weighted by atomic mass is 16.2. The van der Waals surface area contributed by atoms with Gasteiger partial charge in [0.1, 0.15) is 5.69 Å². The number of nitrogens with one attached hydrogen (secondary N) is 2. The molecule has 0 radical (unpaired) electrons. The number of nitrogens with zero attached hydrogens (tertiary/aromatic N) is 2. The number of aromatic amines is 1. The van der Waals surface area contributed by atoms with Crippen LogP contribution in [-0.4, -0.2) is 46.7 Å². The van der Waals surface area contributed by atoms with Gasteiger partial charge in [0.05, 0.1) is 0 Å². The highest BCUT2D eigenvalue weighted by Crippen LogP contribution is 2.06. The highest BCUT2D eigenvalue weighted by Gasteiger charge is 2.24. The van der Waals surface area contributed by atoms with Gasteiger partial charge in [-0.1, -0.05) is 0 Å². The fraction of sp³-hybridized carbons (Fsp3) is 0.500. The molecule has 16 heavy (non-hydrogen) atoms. The molecular weight excluding hydrogens is 208 g/mol. The van der Waals surface area contributed by atoms with Crippen molar-refractivity contribution in [1.82, 2.24) is 20.4 Å². The molecule has 0 spiro atoms. The zero-order chi connectivity index (χ0) is 11.5. The second-order valence-electron chi connectivity index (χ2n) is 3.86. The third-order valence-corrected chi connectivity index (χ3v) is 2.66. The molecule has 1 atom stereocenters. The van der Waals surface area contributed by atoms with Crippen LogP contribution in [0.15, 0.2) is 16.9 Å². The Kier molecular flexibility index (Phi) is 3.00. The van der Waals surface area contributed by atoms with E-state index in [0.29, 0.717) is 6.54 Å². The number of H-pyrrole nitrogens is 1. The number of hydrogen-bond donors (Lipinski definition) is 2. The number of rotatable bonds is 1. The van der Waals surface area contributed by atoms with Gasteiger partial charge in [0.2, 0.25) is 0 Å². The molecule has 1 saturated heterocycles. The summed E-state index contributed by atoms with van der Waals surface area (Å²) in [5.41, 5.74) is -0.0155. The Morgan fingerprint density at radius 3 is 3.00 bits per heavy atom. The van der Waals surface area contributed by atoms with Crippen LogP contribution in [0, 0.1) is 0 Å². The normalized spacial score (nSPS) is 20.8. The number of carbonyl (C=O) groups is 1. The van der Waals surface area contributed by atoms with Crippen molar-refractivity contribution in [3.8, 4) is 0 Å². The molecule has 0 aliphatic carbocycles. The van der Waals surface area contributed by atoms with Crippen molar-refractivity contribution in [2.75, 3.05) is 19.6 Å². The first-order valence-corrected chi connectivity index (χ1v) is 5.26. The van der Waals surface area contributed by atoms with Gasteiger partial charge in [-0.25, -0.2) is 5.10 Å². The van der Waals surface area contributed by atoms with Gasteiger partial charge in [-0.2, -0.15) is 5.10 Å². The van der Waals surface area contributed by atoms with E-state index >= 15 is 0 Å². The standard InChI is InChI=1S/C10H14N4O2/c1-7-6-11-4-5-14(7)10(16)8-2-3-9(15)13-12-8/h2-3,7,11H,4-6H2,1H3,(H,13,15). The topological polar surface area (TPSA) is 78.1 Å². The Morgan fingerprint density at radius 2 is 2.38 bits per heavy atom. The van der Waals surface area contributed by atoms with Crippen LogP contribution in [0.25, 0.3) is 0 Å². The molecule has 0 bridgehead atoms. The lowest BCUT2D eigenvalue weighted by molar-refractivity contribution is 0.0648. The van der Waals surface area contributed by atoms with E-state index in [4.69, 9.17) is 0 Å². The molecule has 1 aliphatic rings. The number of piperazine rings is 1. The first kappa shape index (κ1) is 10.8. The number of carbonyl (C=O) groups excluding carboxylic acids is 1. The van der Waals surface area contributed by atoms with Gasteiger partial charge >= 0.3 is 0 Å². The van der Waals surface area contributed by atoms with E-state index < -0.39 is 0 Å². The van der Waals surface area contributed by atoms with E-state index in [1.165, 1.54) is 12.1 Å². The van der Waals surface area contributed by atoms with Crippen LogP contribution in [0.1, 0.15) is 17.4 Å². The summed E-state index contributed by atoms with van der Waals surface area (Å²) in [5, 5.41) is 9.21. The molecule has 1 aliphatic heterocycles. The van der Waals surface area contributed by atoms with E-state index in [0.717, 1.165) is 13.1 Å². The second-order valence-corrected chi connectivity index (χ2v) is 3.86. The summed E-state index contributed by atoms with van der Waals surface area (Å²) in [7, 11) is 0. The fourth-order valence-corrected chi connectivity index (χ4v) is 1.75. The zero-order valence-electron chi connectivity index (χ0n) is 9.06. The number of hydrogen-bond acceptors (Lipinski definition) is 4. The molecule has 6 nitrogen and oxygen atoms in total. The van der Waals surface area contributed by atoms with Crippen molar-refractivity contribution < 1.29 is 4.79 Å². The third kappa shape index (κ3) is 2.11. The van der Waals surface area contributed by atoms with E-state index in [1.807, 2.05) is 6.92 Å². The summed E-state index contributed by atoms with van der Waals surface area (Å²) >= 11 is 0. The van der Waals surface area contributed by atoms with Crippen molar-refractivity contribution in [2.24, 2.45) is 0 Å². The van der Waals surface area contributed by atoms with Gasteiger partial charge in [-0.15, -0.1) is 0 Å². The quantitative estimate of drug-likeness (QED) is 0.652. The summed E-state index contributed by atoms with van der Waals surface area (Å²) in [6.45, 7) is 4.23. The van der Waals surface area contributed by atoms with Crippen LogP contribution >= 0.6 is 0 Å². The number of amides is 1. The molecule has 1 aromatic rings. The predicted octanol–water partition coefficient (Wildman–Crippen LogP) is -0.796. The summed E-state index contributed by atoms with van der Waals surface area (Å²) < 4.78 is 0. The maximum Gasteiger partial charge on any atom is 0.274 e. The maximum absolute atomic E-state index is 12.0. The van der Waals surface area contributed by atoms with Crippen LogP contribution in [0.3, 0.4) is 0 Å². The predicted molar refractivity (Wildman–Crippen MR) is 58.2 cm³/mol. The Morgan fingerprint density at radius 1 is 1.56 bits per heavy atom. The lowest BCUT2D eigenvalue weighted by Crippen LogP contribution is -2.52. The van der Waals surface area contributed by atoms with Crippen LogP contribution in [-0.2, 0) is 0 Å². The summed E-state index contributed by atoms with van der Waals surface area (Å²) in [4.78, 5) is 24.6. The van der Waals surface area contributed by atoms with Crippen LogP contribution in [0.2, 0.25) is 0 Å². The lowest BCUT2D eigenvalue weighted by Gasteiger charge is -2.33. The first-order chi connectivity index (χ1) is 7.68. The lowest BCUT2D eigenvalue weighted by atomic mass is 10.2. The average Bonchev–Trinajstić information content (AvgIpc) is 2.30. The van der Waals surface area contributed by atoms with Crippen LogP contribution < -0.4 is 10.9 Å². The first-order valence-electron chi connectivity index (χ1n) is 5.26. The van der Waals surface area contributed by atoms with Gasteiger partial charge in [-0.05, 0) is 13.0 Å². The largest absolute Gasteiger partial charge is 0.332 e. The summed E-state index contributed by atoms with van der Waals surface area (Å²) in [5.74, 6) is -0.134. The second kappa shape index (κ2) is 4.44. The molecule has 6 heteroatoms. The van der Waals surface area contributed by atoms with Crippen molar-refractivity contribution in [3.05, 3.63) is 28.2 Å². The van der Waals surface area contributed by atoms with Gasteiger partial charge in [0.25, 0.3) is 11.5 Å². The molecule has 2 rings (SSSR count).